The SMILES string of the molecule is O=C(O)C1CC(F)(F)CS1(=O)=O. The summed E-state index contributed by atoms with van der Waals surface area (Å²) in [5.74, 6) is -6.44. The van der Waals surface area contributed by atoms with E-state index in [-0.39, 0.29) is 0 Å². The number of carbonyl (C=O) groups is 1. The molecule has 0 spiro atoms. The van der Waals surface area contributed by atoms with Gasteiger partial charge in [-0.2, -0.15) is 0 Å². The number of sulfone groups is 1. The molecule has 0 bridgehead atoms. The summed E-state index contributed by atoms with van der Waals surface area (Å²) in [7, 11) is -4.14. The summed E-state index contributed by atoms with van der Waals surface area (Å²) in [6.07, 6.45) is -1.11. The fourth-order valence-corrected chi connectivity index (χ4v) is 2.81. The van der Waals surface area contributed by atoms with Gasteiger partial charge in [0, 0.05) is 6.42 Å². The molecule has 0 aromatic rings. The molecule has 0 radical (unpaired) electrons. The second-order valence-electron chi connectivity index (χ2n) is 2.69. The van der Waals surface area contributed by atoms with Crippen LogP contribution in [-0.4, -0.2) is 36.4 Å². The van der Waals surface area contributed by atoms with Crippen LogP contribution < -0.4 is 0 Å². The van der Waals surface area contributed by atoms with E-state index in [0.717, 1.165) is 0 Å². The Kier molecular flexibility index (Phi) is 1.86. The molecule has 7 heteroatoms. The molecular formula is C5H6F2O4S. The third-order valence-electron chi connectivity index (χ3n) is 1.61. The van der Waals surface area contributed by atoms with Crippen molar-refractivity contribution >= 4 is 15.8 Å². The maximum absolute atomic E-state index is 12.4. The van der Waals surface area contributed by atoms with E-state index in [1.165, 1.54) is 0 Å². The van der Waals surface area contributed by atoms with Crippen molar-refractivity contribution < 1.29 is 27.1 Å². The van der Waals surface area contributed by atoms with Crippen molar-refractivity contribution in [2.45, 2.75) is 17.6 Å². The van der Waals surface area contributed by atoms with Gasteiger partial charge in [-0.1, -0.05) is 0 Å². The lowest BCUT2D eigenvalue weighted by Crippen LogP contribution is -2.25. The van der Waals surface area contributed by atoms with Crippen LogP contribution in [0.3, 0.4) is 0 Å². The lowest BCUT2D eigenvalue weighted by molar-refractivity contribution is -0.137. The Hall–Kier alpha value is -0.720. The van der Waals surface area contributed by atoms with Gasteiger partial charge < -0.3 is 5.11 Å². The molecule has 0 aliphatic carbocycles. The van der Waals surface area contributed by atoms with Gasteiger partial charge in [-0.05, 0) is 0 Å². The van der Waals surface area contributed by atoms with E-state index in [1.807, 2.05) is 0 Å². The molecule has 1 fully saturated rings. The molecule has 1 heterocycles. The van der Waals surface area contributed by atoms with Crippen molar-refractivity contribution in [1.82, 2.24) is 0 Å². The van der Waals surface area contributed by atoms with Gasteiger partial charge >= 0.3 is 5.97 Å². The minimum atomic E-state index is -4.14. The predicted molar refractivity (Wildman–Crippen MR) is 34.8 cm³/mol. The van der Waals surface area contributed by atoms with E-state index in [4.69, 9.17) is 5.11 Å². The summed E-state index contributed by atoms with van der Waals surface area (Å²) in [5, 5.41) is 6.33. The molecule has 1 N–H and O–H groups in total. The molecule has 1 aliphatic rings. The first-order valence-corrected chi connectivity index (χ1v) is 4.78. The quantitative estimate of drug-likeness (QED) is 0.641. The molecule has 1 atom stereocenters. The van der Waals surface area contributed by atoms with Gasteiger partial charge in [0.05, 0.1) is 0 Å². The van der Waals surface area contributed by atoms with Crippen molar-refractivity contribution in [3.8, 4) is 0 Å². The van der Waals surface area contributed by atoms with E-state index in [1.54, 1.807) is 0 Å². The van der Waals surface area contributed by atoms with Crippen LogP contribution in [-0.2, 0) is 14.6 Å². The standard InChI is InChI=1S/C5H6F2O4S/c6-5(7)1-3(4(8)9)12(10,11)2-5/h3H,1-2H2,(H,8,9). The lowest BCUT2D eigenvalue weighted by Gasteiger charge is -2.02. The molecule has 0 aromatic heterocycles. The maximum Gasteiger partial charge on any atom is 0.322 e. The van der Waals surface area contributed by atoms with Crippen molar-refractivity contribution in [2.24, 2.45) is 0 Å². The van der Waals surface area contributed by atoms with Gasteiger partial charge in [-0.25, -0.2) is 17.2 Å². The Morgan fingerprint density at radius 1 is 1.50 bits per heavy atom. The highest BCUT2D eigenvalue weighted by atomic mass is 32.2. The fourth-order valence-electron chi connectivity index (χ4n) is 1.09. The summed E-state index contributed by atoms with van der Waals surface area (Å²) in [6, 6.07) is 0. The molecule has 4 nitrogen and oxygen atoms in total. The molecule has 12 heavy (non-hydrogen) atoms. The van der Waals surface area contributed by atoms with Crippen molar-refractivity contribution in [3.05, 3.63) is 0 Å². The number of halogens is 2. The second kappa shape index (κ2) is 2.38. The van der Waals surface area contributed by atoms with E-state index < -0.39 is 39.2 Å². The molecule has 0 aromatic carbocycles. The zero-order valence-corrected chi connectivity index (χ0v) is 6.64. The van der Waals surface area contributed by atoms with Gasteiger partial charge in [-0.3, -0.25) is 4.79 Å². The molecular weight excluding hydrogens is 194 g/mol. The van der Waals surface area contributed by atoms with E-state index in [0.29, 0.717) is 0 Å². The highest BCUT2D eigenvalue weighted by Crippen LogP contribution is 2.34. The van der Waals surface area contributed by atoms with Crippen LogP contribution in [0.1, 0.15) is 6.42 Å². The topological polar surface area (TPSA) is 71.4 Å². The number of carboxylic acid groups (broad SMARTS) is 1. The minimum absolute atomic E-state index is 1.11. The number of carboxylic acids is 1. The third-order valence-corrected chi connectivity index (χ3v) is 3.67. The van der Waals surface area contributed by atoms with Crippen molar-refractivity contribution in [2.75, 3.05) is 5.75 Å². The van der Waals surface area contributed by atoms with Crippen molar-refractivity contribution in [1.29, 1.82) is 0 Å². The van der Waals surface area contributed by atoms with Crippen LogP contribution in [0.4, 0.5) is 8.78 Å². The molecule has 1 rings (SSSR count). The van der Waals surface area contributed by atoms with Gasteiger partial charge in [0.1, 0.15) is 5.75 Å². The maximum atomic E-state index is 12.4. The Morgan fingerprint density at radius 2 is 2.00 bits per heavy atom. The highest BCUT2D eigenvalue weighted by molar-refractivity contribution is 7.93. The number of hydrogen-bond donors (Lipinski definition) is 1. The van der Waals surface area contributed by atoms with Crippen LogP contribution in [0.25, 0.3) is 0 Å². The average Bonchev–Trinajstić information content (AvgIpc) is 1.99. The van der Waals surface area contributed by atoms with Crippen LogP contribution in [0.5, 0.6) is 0 Å². The number of aliphatic carboxylic acids is 1. The van der Waals surface area contributed by atoms with E-state index >= 15 is 0 Å². The first-order valence-electron chi connectivity index (χ1n) is 3.07. The van der Waals surface area contributed by atoms with Crippen molar-refractivity contribution in [3.63, 3.8) is 0 Å². The molecule has 1 aliphatic heterocycles. The van der Waals surface area contributed by atoms with E-state index in [2.05, 4.69) is 0 Å². The summed E-state index contributed by atoms with van der Waals surface area (Å²) in [5.41, 5.74) is 0. The first-order chi connectivity index (χ1) is 5.25. The zero-order chi connectivity index (χ0) is 9.57. The number of rotatable bonds is 1. The number of hydrogen-bond acceptors (Lipinski definition) is 3. The predicted octanol–water partition coefficient (Wildman–Crippen LogP) is -0.107. The largest absolute Gasteiger partial charge is 0.480 e. The van der Waals surface area contributed by atoms with Crippen LogP contribution in [0, 0.1) is 0 Å². The van der Waals surface area contributed by atoms with Gasteiger partial charge in [0.15, 0.2) is 15.1 Å². The van der Waals surface area contributed by atoms with Gasteiger partial charge in [-0.15, -0.1) is 0 Å². The summed E-state index contributed by atoms with van der Waals surface area (Å²) < 4.78 is 46.3. The molecule has 0 saturated carbocycles. The highest BCUT2D eigenvalue weighted by Gasteiger charge is 2.53. The Bertz CT molecular complexity index is 307. The minimum Gasteiger partial charge on any atom is -0.480 e. The smallest absolute Gasteiger partial charge is 0.322 e. The average molecular weight is 200 g/mol. The first kappa shape index (κ1) is 9.37. The van der Waals surface area contributed by atoms with Crippen LogP contribution >= 0.6 is 0 Å². The fraction of sp³-hybridized carbons (Fsp3) is 0.800. The molecule has 1 unspecified atom stereocenters. The Balaban J connectivity index is 3.01. The lowest BCUT2D eigenvalue weighted by atomic mass is 10.2. The summed E-state index contributed by atoms with van der Waals surface area (Å²) >= 11 is 0. The monoisotopic (exact) mass is 200 g/mol. The van der Waals surface area contributed by atoms with Crippen LogP contribution in [0.2, 0.25) is 0 Å². The Morgan fingerprint density at radius 3 is 2.17 bits per heavy atom. The summed E-state index contributed by atoms with van der Waals surface area (Å²) in [6.45, 7) is 0. The molecule has 70 valence electrons. The molecule has 0 amide bonds. The Labute approximate surface area is 67.1 Å². The second-order valence-corrected chi connectivity index (χ2v) is 4.88. The van der Waals surface area contributed by atoms with Crippen LogP contribution in [0.15, 0.2) is 0 Å². The zero-order valence-electron chi connectivity index (χ0n) is 5.83. The van der Waals surface area contributed by atoms with Gasteiger partial charge in [0.2, 0.25) is 0 Å². The number of alkyl halides is 2. The third kappa shape index (κ3) is 1.55. The summed E-state index contributed by atoms with van der Waals surface area (Å²) in [4.78, 5) is 10.2. The normalized spacial score (nSPS) is 31.7. The van der Waals surface area contributed by atoms with E-state index in [9.17, 15) is 22.0 Å². The van der Waals surface area contributed by atoms with Gasteiger partial charge in [0.25, 0.3) is 5.92 Å². The molecule has 1 saturated heterocycles.